The van der Waals surface area contributed by atoms with E-state index in [9.17, 15) is 4.79 Å². The summed E-state index contributed by atoms with van der Waals surface area (Å²) in [5, 5.41) is 5.88. The SMILES string of the molecule is CCCCCCCCCCCCCCCCCCNC(=O)Nc1ccc2c(c1)OCCOCCOCCOCCOCCO2. The van der Waals surface area contributed by atoms with Crippen molar-refractivity contribution < 1.29 is 33.2 Å². The highest BCUT2D eigenvalue weighted by Gasteiger charge is 2.10. The Labute approximate surface area is 267 Å². The van der Waals surface area contributed by atoms with Crippen molar-refractivity contribution in [3.63, 3.8) is 0 Å². The summed E-state index contributed by atoms with van der Waals surface area (Å²) < 4.78 is 33.9. The Bertz CT molecular complexity index is 811. The minimum atomic E-state index is -0.217. The quantitative estimate of drug-likeness (QED) is 0.161. The van der Waals surface area contributed by atoms with E-state index in [1.165, 1.54) is 89.9 Å². The minimum absolute atomic E-state index is 0.217. The summed E-state index contributed by atoms with van der Waals surface area (Å²) in [5.74, 6) is 1.14. The maximum Gasteiger partial charge on any atom is 0.319 e. The second-order valence-electron chi connectivity index (χ2n) is 11.5. The first-order valence-corrected chi connectivity index (χ1v) is 17.5. The lowest BCUT2D eigenvalue weighted by atomic mass is 10.0. The highest BCUT2D eigenvalue weighted by atomic mass is 16.6. The van der Waals surface area contributed by atoms with Crippen molar-refractivity contribution in [1.82, 2.24) is 5.32 Å². The van der Waals surface area contributed by atoms with E-state index in [1.807, 2.05) is 6.07 Å². The molecule has 254 valence electrons. The molecule has 2 rings (SSSR count). The Kier molecular flexibility index (Phi) is 24.6. The van der Waals surface area contributed by atoms with E-state index < -0.39 is 0 Å². The molecular weight excluding hydrogens is 560 g/mol. The maximum absolute atomic E-state index is 12.5. The summed E-state index contributed by atoms with van der Waals surface area (Å²) in [7, 11) is 0. The standard InChI is InChI=1S/C35H62N2O7/c1-2-3-4-5-6-7-8-9-10-11-12-13-14-15-16-17-20-36-35(38)37-32-18-19-33-34(31-32)44-30-28-42-26-24-40-22-21-39-23-25-41-27-29-43-33/h18-19,31H,2-17,20-30H2,1H3,(H2,36,37,38). The number of anilines is 1. The molecule has 9 nitrogen and oxygen atoms in total. The fourth-order valence-electron chi connectivity index (χ4n) is 5.05. The normalized spacial score (nSPS) is 15.7. The van der Waals surface area contributed by atoms with Crippen LogP contribution in [0.3, 0.4) is 0 Å². The predicted molar refractivity (Wildman–Crippen MR) is 177 cm³/mol. The van der Waals surface area contributed by atoms with Gasteiger partial charge >= 0.3 is 6.03 Å². The molecule has 0 spiro atoms. The van der Waals surface area contributed by atoms with Crippen LogP contribution in [0.4, 0.5) is 10.5 Å². The van der Waals surface area contributed by atoms with Crippen LogP contribution in [-0.4, -0.2) is 78.6 Å². The third-order valence-corrected chi connectivity index (χ3v) is 7.60. The number of amides is 2. The third-order valence-electron chi connectivity index (χ3n) is 7.60. The van der Waals surface area contributed by atoms with Gasteiger partial charge in [-0.15, -0.1) is 0 Å². The van der Waals surface area contributed by atoms with Gasteiger partial charge in [-0.25, -0.2) is 4.79 Å². The molecule has 1 aromatic carbocycles. The zero-order chi connectivity index (χ0) is 31.2. The van der Waals surface area contributed by atoms with Crippen LogP contribution < -0.4 is 20.1 Å². The van der Waals surface area contributed by atoms with Crippen LogP contribution in [0, 0.1) is 0 Å². The summed E-state index contributed by atoms with van der Waals surface area (Å²) in [6.45, 7) is 7.57. The Hall–Kier alpha value is -2.07. The van der Waals surface area contributed by atoms with E-state index in [-0.39, 0.29) is 6.03 Å². The first-order chi connectivity index (χ1) is 21.8. The number of rotatable bonds is 18. The van der Waals surface area contributed by atoms with Crippen LogP contribution in [0.25, 0.3) is 0 Å². The van der Waals surface area contributed by atoms with Crippen LogP contribution in [-0.2, 0) is 18.9 Å². The van der Waals surface area contributed by atoms with Gasteiger partial charge in [-0.2, -0.15) is 0 Å². The van der Waals surface area contributed by atoms with E-state index in [0.717, 1.165) is 12.8 Å². The summed E-state index contributed by atoms with van der Waals surface area (Å²) in [6, 6.07) is 5.17. The van der Waals surface area contributed by atoms with Gasteiger partial charge in [-0.05, 0) is 18.6 Å². The molecule has 2 amide bonds. The molecule has 44 heavy (non-hydrogen) atoms. The molecule has 2 N–H and O–H groups in total. The lowest BCUT2D eigenvalue weighted by Crippen LogP contribution is -2.29. The molecule has 0 aliphatic carbocycles. The Balaban J connectivity index is 1.55. The zero-order valence-corrected chi connectivity index (χ0v) is 27.7. The van der Waals surface area contributed by atoms with Crippen molar-refractivity contribution >= 4 is 11.7 Å². The lowest BCUT2D eigenvalue weighted by molar-refractivity contribution is -0.00841. The van der Waals surface area contributed by atoms with Gasteiger partial charge in [-0.3, -0.25) is 0 Å². The molecule has 0 unspecified atom stereocenters. The van der Waals surface area contributed by atoms with Crippen LogP contribution >= 0.6 is 0 Å². The average molecular weight is 623 g/mol. The van der Waals surface area contributed by atoms with Gasteiger partial charge in [0.25, 0.3) is 0 Å². The van der Waals surface area contributed by atoms with Gasteiger partial charge in [0.15, 0.2) is 11.5 Å². The molecular formula is C35H62N2O7. The van der Waals surface area contributed by atoms with E-state index in [1.54, 1.807) is 12.1 Å². The summed E-state index contributed by atoms with van der Waals surface area (Å²) in [5.41, 5.74) is 0.640. The fourth-order valence-corrected chi connectivity index (χ4v) is 5.05. The molecule has 1 aromatic rings. The number of hydrogen-bond acceptors (Lipinski definition) is 7. The molecule has 9 heteroatoms. The van der Waals surface area contributed by atoms with Gasteiger partial charge in [0.2, 0.25) is 0 Å². The minimum Gasteiger partial charge on any atom is -0.487 e. The molecule has 0 atom stereocenters. The number of hydrogen-bond donors (Lipinski definition) is 2. The van der Waals surface area contributed by atoms with Gasteiger partial charge in [0, 0.05) is 18.3 Å². The molecule has 0 fully saturated rings. The maximum atomic E-state index is 12.5. The van der Waals surface area contributed by atoms with E-state index in [2.05, 4.69) is 17.6 Å². The third kappa shape index (κ3) is 21.6. The average Bonchev–Trinajstić information content (AvgIpc) is 3.02. The fraction of sp³-hybridized carbons (Fsp3) is 0.800. The molecule has 0 aromatic heterocycles. The molecule has 1 heterocycles. The Morgan fingerprint density at radius 2 is 0.955 bits per heavy atom. The number of benzene rings is 1. The Morgan fingerprint density at radius 3 is 1.43 bits per heavy atom. The summed E-state index contributed by atoms with van der Waals surface area (Å²) >= 11 is 0. The topological polar surface area (TPSA) is 96.5 Å². The highest BCUT2D eigenvalue weighted by molar-refractivity contribution is 5.89. The van der Waals surface area contributed by atoms with Gasteiger partial charge < -0.3 is 39.1 Å². The van der Waals surface area contributed by atoms with E-state index >= 15 is 0 Å². The first-order valence-electron chi connectivity index (χ1n) is 17.5. The number of ether oxygens (including phenoxy) is 6. The van der Waals surface area contributed by atoms with Crippen LogP contribution in [0.2, 0.25) is 0 Å². The highest BCUT2D eigenvalue weighted by Crippen LogP contribution is 2.30. The zero-order valence-electron chi connectivity index (χ0n) is 27.7. The largest absolute Gasteiger partial charge is 0.487 e. The van der Waals surface area contributed by atoms with Crippen molar-refractivity contribution in [2.75, 3.05) is 77.9 Å². The number of fused-ring (bicyclic) bond motifs is 1. The number of unbranched alkanes of at least 4 members (excludes halogenated alkanes) is 15. The number of urea groups is 1. The summed E-state index contributed by atoms with van der Waals surface area (Å²) in [6.07, 6.45) is 21.4. The van der Waals surface area contributed by atoms with Crippen LogP contribution in [0.1, 0.15) is 110 Å². The van der Waals surface area contributed by atoms with Gasteiger partial charge in [0.1, 0.15) is 13.2 Å². The Morgan fingerprint density at radius 1 is 0.545 bits per heavy atom. The van der Waals surface area contributed by atoms with Crippen LogP contribution in [0.5, 0.6) is 11.5 Å². The van der Waals surface area contributed by atoms with Crippen LogP contribution in [0.15, 0.2) is 18.2 Å². The lowest BCUT2D eigenvalue weighted by Gasteiger charge is -2.15. The molecule has 0 saturated carbocycles. The smallest absolute Gasteiger partial charge is 0.319 e. The second-order valence-corrected chi connectivity index (χ2v) is 11.5. The molecule has 0 bridgehead atoms. The van der Waals surface area contributed by atoms with Crippen molar-refractivity contribution in [2.45, 2.75) is 110 Å². The number of nitrogens with one attached hydrogen (secondary N) is 2. The van der Waals surface area contributed by atoms with E-state index in [4.69, 9.17) is 28.4 Å². The van der Waals surface area contributed by atoms with Crippen molar-refractivity contribution in [3.05, 3.63) is 18.2 Å². The predicted octanol–water partition coefficient (Wildman–Crippen LogP) is 7.91. The first kappa shape index (κ1) is 38.1. The molecule has 1 aliphatic heterocycles. The monoisotopic (exact) mass is 622 g/mol. The molecule has 0 saturated heterocycles. The second kappa shape index (κ2) is 28.4. The summed E-state index contributed by atoms with van der Waals surface area (Å²) in [4.78, 5) is 12.5. The number of carbonyl (C=O) groups is 1. The van der Waals surface area contributed by atoms with Crippen molar-refractivity contribution in [3.8, 4) is 11.5 Å². The molecule has 0 radical (unpaired) electrons. The van der Waals surface area contributed by atoms with E-state index in [0.29, 0.717) is 89.8 Å². The van der Waals surface area contributed by atoms with Gasteiger partial charge in [0.05, 0.1) is 52.9 Å². The molecule has 1 aliphatic rings. The van der Waals surface area contributed by atoms with Gasteiger partial charge in [-0.1, -0.05) is 103 Å². The number of carbonyl (C=O) groups excluding carboxylic acids is 1. The van der Waals surface area contributed by atoms with Crippen molar-refractivity contribution in [2.24, 2.45) is 0 Å². The van der Waals surface area contributed by atoms with Crippen molar-refractivity contribution in [1.29, 1.82) is 0 Å².